The van der Waals surface area contributed by atoms with Gasteiger partial charge in [-0.15, -0.1) is 0 Å². The van der Waals surface area contributed by atoms with Gasteiger partial charge < -0.3 is 10.2 Å². The highest BCUT2D eigenvalue weighted by Crippen LogP contribution is 2.26. The summed E-state index contributed by atoms with van der Waals surface area (Å²) in [7, 11) is 0. The monoisotopic (exact) mass is 401 g/mol. The third-order valence-electron chi connectivity index (χ3n) is 5.95. The van der Waals surface area contributed by atoms with Crippen LogP contribution in [0.15, 0.2) is 48.5 Å². The van der Waals surface area contributed by atoms with E-state index >= 15 is 0 Å². The predicted molar refractivity (Wildman–Crippen MR) is 120 cm³/mol. The second kappa shape index (κ2) is 8.27. The van der Waals surface area contributed by atoms with Crippen molar-refractivity contribution in [3.05, 3.63) is 71.0 Å². The SMILES string of the molecule is Cc1cc(C)c(NC(=O)C2CCN(C(=O)c3cccc4ccccc34)CC2)c(C)n1. The largest absolute Gasteiger partial charge is 0.339 e. The first-order valence-corrected chi connectivity index (χ1v) is 10.5. The molecule has 2 amide bonds. The number of anilines is 1. The molecule has 1 aliphatic heterocycles. The molecule has 2 aromatic carbocycles. The van der Waals surface area contributed by atoms with Crippen LogP contribution in [0.2, 0.25) is 0 Å². The quantitative estimate of drug-likeness (QED) is 0.695. The molecule has 2 heterocycles. The Labute approximate surface area is 177 Å². The molecule has 4 rings (SSSR count). The lowest BCUT2D eigenvalue weighted by molar-refractivity contribution is -0.121. The Morgan fingerprint density at radius 3 is 2.43 bits per heavy atom. The van der Waals surface area contributed by atoms with E-state index in [1.807, 2.05) is 74.2 Å². The first-order valence-electron chi connectivity index (χ1n) is 10.5. The zero-order valence-corrected chi connectivity index (χ0v) is 17.7. The van der Waals surface area contributed by atoms with E-state index in [2.05, 4.69) is 10.3 Å². The first-order chi connectivity index (χ1) is 14.4. The van der Waals surface area contributed by atoms with E-state index in [9.17, 15) is 9.59 Å². The fourth-order valence-electron chi connectivity index (χ4n) is 4.36. The molecular weight excluding hydrogens is 374 g/mol. The molecule has 0 atom stereocenters. The second-order valence-electron chi connectivity index (χ2n) is 8.12. The van der Waals surface area contributed by atoms with Crippen molar-refractivity contribution in [3.8, 4) is 0 Å². The normalized spacial score (nSPS) is 14.7. The highest BCUT2D eigenvalue weighted by atomic mass is 16.2. The van der Waals surface area contributed by atoms with Crippen molar-refractivity contribution < 1.29 is 9.59 Å². The van der Waals surface area contributed by atoms with Gasteiger partial charge in [0.15, 0.2) is 0 Å². The molecule has 1 fully saturated rings. The van der Waals surface area contributed by atoms with Crippen molar-refractivity contribution >= 4 is 28.3 Å². The highest BCUT2D eigenvalue weighted by Gasteiger charge is 2.29. The number of fused-ring (bicyclic) bond motifs is 1. The number of benzene rings is 2. The molecule has 0 saturated carbocycles. The van der Waals surface area contributed by atoms with Crippen molar-refractivity contribution in [3.63, 3.8) is 0 Å². The minimum Gasteiger partial charge on any atom is -0.339 e. The second-order valence-corrected chi connectivity index (χ2v) is 8.12. The average Bonchev–Trinajstić information content (AvgIpc) is 2.75. The molecular formula is C25H27N3O2. The summed E-state index contributed by atoms with van der Waals surface area (Å²) < 4.78 is 0. The molecule has 5 nitrogen and oxygen atoms in total. The van der Waals surface area contributed by atoms with Crippen molar-refractivity contribution in [1.29, 1.82) is 0 Å². The Hall–Kier alpha value is -3.21. The third kappa shape index (κ3) is 3.92. The lowest BCUT2D eigenvalue weighted by Crippen LogP contribution is -2.41. The Kier molecular flexibility index (Phi) is 5.53. The molecule has 3 aromatic rings. The summed E-state index contributed by atoms with van der Waals surface area (Å²) in [6, 6.07) is 15.8. The third-order valence-corrected chi connectivity index (χ3v) is 5.95. The molecule has 154 valence electrons. The molecule has 1 aliphatic rings. The molecule has 0 aliphatic carbocycles. The number of carbonyl (C=O) groups excluding carboxylic acids is 2. The van der Waals surface area contributed by atoms with Gasteiger partial charge in [0, 0.05) is 30.3 Å². The van der Waals surface area contributed by atoms with Gasteiger partial charge in [-0.3, -0.25) is 14.6 Å². The Morgan fingerprint density at radius 1 is 1.00 bits per heavy atom. The molecule has 0 bridgehead atoms. The number of piperidine rings is 1. The van der Waals surface area contributed by atoms with Crippen molar-refractivity contribution in [2.45, 2.75) is 33.6 Å². The van der Waals surface area contributed by atoms with Gasteiger partial charge >= 0.3 is 0 Å². The molecule has 30 heavy (non-hydrogen) atoms. The van der Waals surface area contributed by atoms with E-state index < -0.39 is 0 Å². The molecule has 5 heteroatoms. The summed E-state index contributed by atoms with van der Waals surface area (Å²) >= 11 is 0. The number of carbonyl (C=O) groups is 2. The standard InChI is InChI=1S/C25H27N3O2/c1-16-15-17(2)26-18(3)23(16)27-24(29)20-11-13-28(14-12-20)25(30)22-10-6-8-19-7-4-5-9-21(19)22/h4-10,15,20H,11-14H2,1-3H3,(H,27,29). The Morgan fingerprint density at radius 2 is 1.70 bits per heavy atom. The van der Waals surface area contributed by atoms with E-state index in [1.165, 1.54) is 0 Å². The number of hydrogen-bond donors (Lipinski definition) is 1. The van der Waals surface area contributed by atoms with Crippen molar-refractivity contribution in [2.75, 3.05) is 18.4 Å². The summed E-state index contributed by atoms with van der Waals surface area (Å²) in [6.07, 6.45) is 1.33. The van der Waals surface area contributed by atoms with Gasteiger partial charge in [-0.05, 0) is 62.1 Å². The molecule has 0 unspecified atom stereocenters. The summed E-state index contributed by atoms with van der Waals surface area (Å²) in [5.74, 6) is -0.0362. The number of rotatable bonds is 3. The average molecular weight is 402 g/mol. The van der Waals surface area contributed by atoms with E-state index in [0.29, 0.717) is 25.9 Å². The fourth-order valence-corrected chi connectivity index (χ4v) is 4.36. The van der Waals surface area contributed by atoms with Gasteiger partial charge in [-0.25, -0.2) is 0 Å². The number of aromatic nitrogens is 1. The van der Waals surface area contributed by atoms with Gasteiger partial charge in [0.2, 0.25) is 5.91 Å². The lowest BCUT2D eigenvalue weighted by atomic mass is 9.94. The first kappa shape index (κ1) is 20.1. The van der Waals surface area contributed by atoms with Crippen LogP contribution in [0, 0.1) is 26.7 Å². The van der Waals surface area contributed by atoms with Crippen LogP contribution in [0.25, 0.3) is 10.8 Å². The van der Waals surface area contributed by atoms with Crippen molar-refractivity contribution in [1.82, 2.24) is 9.88 Å². The lowest BCUT2D eigenvalue weighted by Gasteiger charge is -2.32. The minimum atomic E-state index is -0.0957. The summed E-state index contributed by atoms with van der Waals surface area (Å²) in [5, 5.41) is 5.11. The van der Waals surface area contributed by atoms with E-state index in [-0.39, 0.29) is 17.7 Å². The number of aryl methyl sites for hydroxylation is 3. The maximum absolute atomic E-state index is 13.1. The molecule has 1 N–H and O–H groups in total. The predicted octanol–water partition coefficient (Wildman–Crippen LogP) is 4.65. The number of nitrogens with zero attached hydrogens (tertiary/aromatic N) is 2. The maximum Gasteiger partial charge on any atom is 0.254 e. The van der Waals surface area contributed by atoms with Crippen LogP contribution in [-0.4, -0.2) is 34.8 Å². The summed E-state index contributed by atoms with van der Waals surface area (Å²) in [6.45, 7) is 7.03. The van der Waals surface area contributed by atoms with Crippen LogP contribution in [0.5, 0.6) is 0 Å². The van der Waals surface area contributed by atoms with Gasteiger partial charge in [0.05, 0.1) is 11.4 Å². The topological polar surface area (TPSA) is 62.3 Å². The van der Waals surface area contributed by atoms with Crippen LogP contribution < -0.4 is 5.32 Å². The van der Waals surface area contributed by atoms with Crippen LogP contribution in [0.1, 0.15) is 40.2 Å². The molecule has 0 spiro atoms. The van der Waals surface area contributed by atoms with Crippen LogP contribution >= 0.6 is 0 Å². The number of hydrogen-bond acceptors (Lipinski definition) is 3. The Bertz CT molecular complexity index is 1090. The van der Waals surface area contributed by atoms with Crippen LogP contribution in [0.4, 0.5) is 5.69 Å². The van der Waals surface area contributed by atoms with Gasteiger partial charge in [-0.1, -0.05) is 36.4 Å². The number of amides is 2. The van der Waals surface area contributed by atoms with Crippen molar-refractivity contribution in [2.24, 2.45) is 5.92 Å². The molecule has 0 radical (unpaired) electrons. The van der Waals surface area contributed by atoms with E-state index in [1.54, 1.807) is 0 Å². The zero-order valence-electron chi connectivity index (χ0n) is 17.7. The zero-order chi connectivity index (χ0) is 21.3. The van der Waals surface area contributed by atoms with Gasteiger partial charge in [-0.2, -0.15) is 0 Å². The van der Waals surface area contributed by atoms with E-state index in [4.69, 9.17) is 0 Å². The summed E-state index contributed by atoms with van der Waals surface area (Å²) in [5.41, 5.74) is 4.34. The number of pyridine rings is 1. The fraction of sp³-hybridized carbons (Fsp3) is 0.320. The van der Waals surface area contributed by atoms with Gasteiger partial charge in [0.25, 0.3) is 5.91 Å². The van der Waals surface area contributed by atoms with E-state index in [0.717, 1.165) is 39.0 Å². The number of nitrogens with one attached hydrogen (secondary N) is 1. The Balaban J connectivity index is 1.42. The highest BCUT2D eigenvalue weighted by molar-refractivity contribution is 6.07. The van der Waals surface area contributed by atoms with Gasteiger partial charge in [0.1, 0.15) is 0 Å². The maximum atomic E-state index is 13.1. The number of likely N-dealkylation sites (tertiary alicyclic amines) is 1. The van der Waals surface area contributed by atoms with Crippen LogP contribution in [0.3, 0.4) is 0 Å². The van der Waals surface area contributed by atoms with Crippen LogP contribution in [-0.2, 0) is 4.79 Å². The minimum absolute atomic E-state index is 0.0177. The molecule has 1 aromatic heterocycles. The summed E-state index contributed by atoms with van der Waals surface area (Å²) in [4.78, 5) is 32.3. The smallest absolute Gasteiger partial charge is 0.254 e. The molecule has 1 saturated heterocycles.